The summed E-state index contributed by atoms with van der Waals surface area (Å²) in [5.41, 5.74) is 7.83. The fraction of sp³-hybridized carbons (Fsp3) is 0.471. The lowest BCUT2D eigenvalue weighted by Crippen LogP contribution is -2.29. The summed E-state index contributed by atoms with van der Waals surface area (Å²) >= 11 is 0. The summed E-state index contributed by atoms with van der Waals surface area (Å²) in [5, 5.41) is 6.94. The molecule has 1 aromatic carbocycles. The average Bonchev–Trinajstić information content (AvgIpc) is 2.53. The Morgan fingerprint density at radius 2 is 1.83 bits per heavy atom. The van der Waals surface area contributed by atoms with Crippen molar-refractivity contribution in [2.75, 3.05) is 18.5 Å². The molecule has 6 nitrogen and oxygen atoms in total. The van der Waals surface area contributed by atoms with E-state index in [2.05, 4.69) is 45.9 Å². The number of benzene rings is 1. The first kappa shape index (κ1) is 20.6. The van der Waals surface area contributed by atoms with Crippen molar-refractivity contribution in [3.05, 3.63) is 24.3 Å². The van der Waals surface area contributed by atoms with Crippen LogP contribution < -0.4 is 10.6 Å². The highest BCUT2D eigenvalue weighted by Crippen LogP contribution is 2.30. The van der Waals surface area contributed by atoms with Gasteiger partial charge in [0.2, 0.25) is 0 Å². The summed E-state index contributed by atoms with van der Waals surface area (Å²) < 4.78 is 0. The molecular formula is C17H29N5O. The Balaban J connectivity index is 0.000000705. The number of rotatable bonds is 3. The SMILES string of the molecule is CC.CC(C)C.CN1CC(/C=N/O/N=C/N)=Nc2ccccc21. The van der Waals surface area contributed by atoms with Crippen molar-refractivity contribution in [2.45, 2.75) is 34.6 Å². The first-order valence-electron chi connectivity index (χ1n) is 7.85. The topological polar surface area (TPSA) is 75.6 Å². The van der Waals surface area contributed by atoms with Crippen LogP contribution in [-0.2, 0) is 4.94 Å². The van der Waals surface area contributed by atoms with Crippen LogP contribution in [0.1, 0.15) is 34.6 Å². The highest BCUT2D eigenvalue weighted by molar-refractivity contribution is 6.33. The molecule has 0 amide bonds. The molecule has 2 rings (SSSR count). The molecule has 2 N–H and O–H groups in total. The van der Waals surface area contributed by atoms with Gasteiger partial charge in [-0.05, 0) is 23.2 Å². The third kappa shape index (κ3) is 8.60. The van der Waals surface area contributed by atoms with Gasteiger partial charge in [0.15, 0.2) is 0 Å². The van der Waals surface area contributed by atoms with E-state index in [1.807, 2.05) is 45.2 Å². The minimum absolute atomic E-state index is 0.677. The Labute approximate surface area is 139 Å². The Hall–Kier alpha value is -2.37. The molecule has 0 spiro atoms. The molecule has 1 aliphatic rings. The van der Waals surface area contributed by atoms with Crippen molar-refractivity contribution in [3.8, 4) is 0 Å². The van der Waals surface area contributed by atoms with E-state index in [1.165, 1.54) is 6.21 Å². The minimum Gasteiger partial charge on any atom is -0.387 e. The van der Waals surface area contributed by atoms with E-state index in [9.17, 15) is 0 Å². The van der Waals surface area contributed by atoms with Gasteiger partial charge in [-0.25, -0.2) is 9.93 Å². The van der Waals surface area contributed by atoms with Gasteiger partial charge in [-0.15, -0.1) is 0 Å². The highest BCUT2D eigenvalue weighted by Gasteiger charge is 2.14. The summed E-state index contributed by atoms with van der Waals surface area (Å²) in [6, 6.07) is 7.92. The predicted molar refractivity (Wildman–Crippen MR) is 101 cm³/mol. The molecule has 0 fully saturated rings. The lowest BCUT2D eigenvalue weighted by atomic mass is 10.2. The monoisotopic (exact) mass is 319 g/mol. The first-order valence-corrected chi connectivity index (χ1v) is 7.85. The van der Waals surface area contributed by atoms with Crippen molar-refractivity contribution < 1.29 is 4.94 Å². The zero-order valence-corrected chi connectivity index (χ0v) is 15.0. The number of para-hydroxylation sites is 2. The molecule has 23 heavy (non-hydrogen) atoms. The fourth-order valence-corrected chi connectivity index (χ4v) is 1.61. The van der Waals surface area contributed by atoms with E-state index in [4.69, 9.17) is 5.73 Å². The lowest BCUT2D eigenvalue weighted by molar-refractivity contribution is 0.159. The Morgan fingerprint density at radius 1 is 1.22 bits per heavy atom. The van der Waals surface area contributed by atoms with Crippen LogP contribution in [0, 0.1) is 5.92 Å². The van der Waals surface area contributed by atoms with Crippen LogP contribution in [0.5, 0.6) is 0 Å². The predicted octanol–water partition coefficient (Wildman–Crippen LogP) is 3.80. The van der Waals surface area contributed by atoms with E-state index in [1.54, 1.807) is 0 Å². The molecule has 1 aromatic rings. The van der Waals surface area contributed by atoms with Gasteiger partial charge in [0, 0.05) is 7.05 Å². The van der Waals surface area contributed by atoms with Crippen LogP contribution in [0.2, 0.25) is 0 Å². The van der Waals surface area contributed by atoms with Crippen LogP contribution in [0.15, 0.2) is 39.6 Å². The van der Waals surface area contributed by atoms with E-state index in [0.29, 0.717) is 6.54 Å². The number of aliphatic imine (C=N–C) groups is 1. The largest absolute Gasteiger partial charge is 0.387 e. The standard InChI is InChI=1S/C11H13N5O.C4H10.C2H6/c1-16-7-9(6-13-17-14-8-12)15-10-4-2-3-5-11(10)16;1-4(2)3;1-2/h2-6,8H,7H2,1H3,(H2,12,14);4H,1-3H3;1-2H3/b13-6+;;. The zero-order valence-electron chi connectivity index (χ0n) is 15.0. The maximum Gasteiger partial charge on any atom is 0.129 e. The molecule has 1 heterocycles. The highest BCUT2D eigenvalue weighted by atomic mass is 16.8. The first-order chi connectivity index (χ1) is 11.0. The van der Waals surface area contributed by atoms with Crippen molar-refractivity contribution >= 4 is 29.6 Å². The van der Waals surface area contributed by atoms with E-state index in [-0.39, 0.29) is 0 Å². The molecule has 0 aliphatic carbocycles. The third-order valence-corrected chi connectivity index (χ3v) is 2.31. The normalized spacial score (nSPS) is 13.0. The fourth-order valence-electron chi connectivity index (χ4n) is 1.61. The van der Waals surface area contributed by atoms with Gasteiger partial charge in [-0.2, -0.15) is 0 Å². The number of fused-ring (bicyclic) bond motifs is 1. The number of nitrogens with two attached hydrogens (primary N) is 1. The molecule has 128 valence electrons. The van der Waals surface area contributed by atoms with Crippen LogP contribution in [0.3, 0.4) is 0 Å². The number of hydrogen-bond donors (Lipinski definition) is 1. The maximum atomic E-state index is 5.00. The van der Waals surface area contributed by atoms with Gasteiger partial charge in [-0.1, -0.05) is 51.9 Å². The molecular weight excluding hydrogens is 290 g/mol. The van der Waals surface area contributed by atoms with Gasteiger partial charge in [-0.3, -0.25) is 0 Å². The molecule has 0 aromatic heterocycles. The summed E-state index contributed by atoms with van der Waals surface area (Å²) in [4.78, 5) is 11.1. The van der Waals surface area contributed by atoms with Crippen molar-refractivity contribution in [1.82, 2.24) is 0 Å². The second kappa shape index (κ2) is 12.2. The number of anilines is 1. The number of nitrogens with zero attached hydrogens (tertiary/aromatic N) is 4. The van der Waals surface area contributed by atoms with Crippen molar-refractivity contribution in [1.29, 1.82) is 0 Å². The van der Waals surface area contributed by atoms with Gasteiger partial charge in [0.25, 0.3) is 0 Å². The summed E-state index contributed by atoms with van der Waals surface area (Å²) in [6.45, 7) is 11.2. The molecule has 0 atom stereocenters. The van der Waals surface area contributed by atoms with Crippen LogP contribution in [0.25, 0.3) is 0 Å². The number of oxime groups is 2. The maximum absolute atomic E-state index is 5.00. The summed E-state index contributed by atoms with van der Waals surface area (Å²) in [5.74, 6) is 0.833. The molecule has 0 bridgehead atoms. The van der Waals surface area contributed by atoms with E-state index >= 15 is 0 Å². The molecule has 0 saturated heterocycles. The number of hydrogen-bond acceptors (Lipinski definition) is 5. The van der Waals surface area contributed by atoms with E-state index in [0.717, 1.165) is 29.3 Å². The zero-order chi connectivity index (χ0) is 17.7. The second-order valence-corrected chi connectivity index (χ2v) is 5.25. The molecule has 0 unspecified atom stereocenters. The van der Waals surface area contributed by atoms with Gasteiger partial charge < -0.3 is 10.6 Å². The van der Waals surface area contributed by atoms with Gasteiger partial charge >= 0.3 is 0 Å². The quantitative estimate of drug-likeness (QED) is 0.523. The molecule has 0 saturated carbocycles. The van der Waals surface area contributed by atoms with Crippen molar-refractivity contribution in [2.24, 2.45) is 27.0 Å². The van der Waals surface area contributed by atoms with Gasteiger partial charge in [0.1, 0.15) is 6.34 Å². The van der Waals surface area contributed by atoms with Crippen LogP contribution >= 0.6 is 0 Å². The smallest absolute Gasteiger partial charge is 0.129 e. The lowest BCUT2D eigenvalue weighted by Gasteiger charge is -2.24. The second-order valence-electron chi connectivity index (χ2n) is 5.25. The molecule has 1 aliphatic heterocycles. The Morgan fingerprint density at radius 3 is 2.43 bits per heavy atom. The minimum atomic E-state index is 0.677. The third-order valence-electron chi connectivity index (χ3n) is 2.31. The summed E-state index contributed by atoms with van der Waals surface area (Å²) in [7, 11) is 2.00. The van der Waals surface area contributed by atoms with Gasteiger partial charge in [0.05, 0.1) is 29.8 Å². The van der Waals surface area contributed by atoms with Crippen molar-refractivity contribution in [3.63, 3.8) is 0 Å². The molecule has 6 heteroatoms. The molecule has 0 radical (unpaired) electrons. The van der Waals surface area contributed by atoms with E-state index < -0.39 is 0 Å². The average molecular weight is 319 g/mol. The Bertz CT molecular complexity index is 521. The van der Waals surface area contributed by atoms with Crippen LogP contribution in [0.4, 0.5) is 11.4 Å². The summed E-state index contributed by atoms with van der Waals surface area (Å²) in [6.07, 6.45) is 2.56. The Kier molecular flexibility index (Phi) is 10.9. The van der Waals surface area contributed by atoms with Crippen LogP contribution in [-0.4, -0.2) is 31.9 Å².